The lowest BCUT2D eigenvalue weighted by atomic mass is 9.96. The highest BCUT2D eigenvalue weighted by Gasteiger charge is 2.11. The Labute approximate surface area is 147 Å². The van der Waals surface area contributed by atoms with Gasteiger partial charge in [0.2, 0.25) is 0 Å². The fraction of sp³-hybridized carbons (Fsp3) is 0.273. The smallest absolute Gasteiger partial charge is 0.0417 e. The maximum Gasteiger partial charge on any atom is 0.0417 e. The summed E-state index contributed by atoms with van der Waals surface area (Å²) >= 11 is 0. The largest absolute Gasteiger partial charge is 0.385 e. The van der Waals surface area contributed by atoms with Crippen LogP contribution in [0.15, 0.2) is 61.5 Å². The van der Waals surface area contributed by atoms with Crippen molar-refractivity contribution in [2.45, 2.75) is 33.1 Å². The molecule has 0 aliphatic rings. The first-order valence-electron chi connectivity index (χ1n) is 8.29. The van der Waals surface area contributed by atoms with Crippen LogP contribution < -0.4 is 10.6 Å². The third-order valence-electron chi connectivity index (χ3n) is 3.73. The lowest BCUT2D eigenvalue weighted by molar-refractivity contribution is 0.852. The molecule has 0 aliphatic heterocycles. The highest BCUT2D eigenvalue weighted by Crippen LogP contribution is 2.29. The van der Waals surface area contributed by atoms with E-state index in [1.807, 2.05) is 12.1 Å². The van der Waals surface area contributed by atoms with Gasteiger partial charge in [0.1, 0.15) is 0 Å². The summed E-state index contributed by atoms with van der Waals surface area (Å²) < 4.78 is 0. The molecule has 1 aromatic rings. The highest BCUT2D eigenvalue weighted by atomic mass is 14.9. The molecule has 0 radical (unpaired) electrons. The number of anilines is 1. The molecule has 0 aliphatic carbocycles. The third kappa shape index (κ3) is 5.52. The summed E-state index contributed by atoms with van der Waals surface area (Å²) in [6, 6.07) is 6.20. The van der Waals surface area contributed by atoms with Crippen molar-refractivity contribution in [2.24, 2.45) is 0 Å². The van der Waals surface area contributed by atoms with Gasteiger partial charge in [0.05, 0.1) is 0 Å². The second-order valence-corrected chi connectivity index (χ2v) is 5.59. The number of terminal acetylenes is 1. The summed E-state index contributed by atoms with van der Waals surface area (Å²) in [6.07, 6.45) is 11.7. The lowest BCUT2D eigenvalue weighted by Gasteiger charge is -2.18. The topological polar surface area (TPSA) is 24.1 Å². The molecule has 2 nitrogen and oxygen atoms in total. The predicted molar refractivity (Wildman–Crippen MR) is 108 cm³/mol. The number of hydrogen-bond donors (Lipinski definition) is 2. The number of rotatable bonds is 10. The molecule has 0 amide bonds. The normalized spacial score (nSPS) is 10.6. The van der Waals surface area contributed by atoms with E-state index in [1.54, 1.807) is 6.08 Å². The summed E-state index contributed by atoms with van der Waals surface area (Å²) in [5.74, 6) is 2.66. The molecule has 1 aromatic carbocycles. The van der Waals surface area contributed by atoms with Gasteiger partial charge in [-0.15, -0.1) is 12.3 Å². The second kappa shape index (κ2) is 10.2. The first-order chi connectivity index (χ1) is 11.5. The fourth-order valence-corrected chi connectivity index (χ4v) is 2.50. The third-order valence-corrected chi connectivity index (χ3v) is 3.73. The summed E-state index contributed by atoms with van der Waals surface area (Å²) in [5.41, 5.74) is 6.25. The van der Waals surface area contributed by atoms with Gasteiger partial charge in [-0.05, 0) is 43.9 Å². The quantitative estimate of drug-likeness (QED) is 0.342. The van der Waals surface area contributed by atoms with Gasteiger partial charge in [0, 0.05) is 35.6 Å². The SMILES string of the molecule is C#CCCCC(=C)Nc1cccc(/C(=C\C=C)C(=C)NCC)c1C. The maximum absolute atomic E-state index is 5.30. The minimum absolute atomic E-state index is 0.772. The van der Waals surface area contributed by atoms with Gasteiger partial charge in [-0.25, -0.2) is 0 Å². The molecule has 0 atom stereocenters. The van der Waals surface area contributed by atoms with Gasteiger partial charge < -0.3 is 10.6 Å². The van der Waals surface area contributed by atoms with Crippen LogP contribution in [0.5, 0.6) is 0 Å². The molecule has 0 fully saturated rings. The van der Waals surface area contributed by atoms with E-state index in [1.165, 1.54) is 0 Å². The minimum atomic E-state index is 0.772. The maximum atomic E-state index is 5.30. The molecule has 0 heterocycles. The van der Waals surface area contributed by atoms with E-state index in [0.29, 0.717) is 0 Å². The van der Waals surface area contributed by atoms with Crippen molar-refractivity contribution in [3.8, 4) is 12.3 Å². The van der Waals surface area contributed by atoms with Gasteiger partial charge in [0.25, 0.3) is 0 Å². The van der Waals surface area contributed by atoms with Crippen molar-refractivity contribution in [1.29, 1.82) is 0 Å². The van der Waals surface area contributed by atoms with Crippen LogP contribution >= 0.6 is 0 Å². The zero-order chi connectivity index (χ0) is 17.9. The van der Waals surface area contributed by atoms with Gasteiger partial charge in [-0.2, -0.15) is 0 Å². The molecule has 0 bridgehead atoms. The van der Waals surface area contributed by atoms with Crippen LogP contribution in [0.4, 0.5) is 5.69 Å². The van der Waals surface area contributed by atoms with E-state index >= 15 is 0 Å². The van der Waals surface area contributed by atoms with Crippen LogP contribution in [0.25, 0.3) is 5.57 Å². The Kier molecular flexibility index (Phi) is 8.22. The standard InChI is InChI=1S/C22H28N2/c1-7-10-11-14-17(4)24-22-16-12-15-20(18(22)5)21(13-8-2)19(6)23-9-3/h1,8,12-13,15-16,23-24H,2,4,6,9-11,14H2,3,5H3/b21-13-. The first-order valence-corrected chi connectivity index (χ1v) is 8.29. The number of benzene rings is 1. The van der Waals surface area contributed by atoms with Crippen molar-refractivity contribution in [1.82, 2.24) is 5.32 Å². The highest BCUT2D eigenvalue weighted by molar-refractivity contribution is 5.83. The van der Waals surface area contributed by atoms with E-state index in [2.05, 4.69) is 62.3 Å². The molecule has 0 saturated heterocycles. The average Bonchev–Trinajstić information content (AvgIpc) is 2.55. The van der Waals surface area contributed by atoms with E-state index in [0.717, 1.165) is 59.6 Å². The van der Waals surface area contributed by atoms with Crippen molar-refractivity contribution in [3.63, 3.8) is 0 Å². The summed E-state index contributed by atoms with van der Waals surface area (Å²) in [6.45, 7) is 17.0. The van der Waals surface area contributed by atoms with Crippen LogP contribution in [-0.2, 0) is 0 Å². The van der Waals surface area contributed by atoms with Crippen molar-refractivity contribution < 1.29 is 0 Å². The molecule has 126 valence electrons. The monoisotopic (exact) mass is 320 g/mol. The summed E-state index contributed by atoms with van der Waals surface area (Å²) in [4.78, 5) is 0. The van der Waals surface area contributed by atoms with Crippen LogP contribution in [0.1, 0.15) is 37.3 Å². The van der Waals surface area contributed by atoms with Crippen LogP contribution in [0, 0.1) is 19.3 Å². The Bertz CT molecular complexity index is 672. The Morgan fingerprint density at radius 1 is 1.33 bits per heavy atom. The molecule has 24 heavy (non-hydrogen) atoms. The number of nitrogens with one attached hydrogen (secondary N) is 2. The Morgan fingerprint density at radius 2 is 2.08 bits per heavy atom. The Morgan fingerprint density at radius 3 is 2.71 bits per heavy atom. The van der Waals surface area contributed by atoms with Gasteiger partial charge in [0.15, 0.2) is 0 Å². The van der Waals surface area contributed by atoms with Crippen molar-refractivity contribution in [2.75, 3.05) is 11.9 Å². The van der Waals surface area contributed by atoms with Crippen molar-refractivity contribution in [3.05, 3.63) is 72.6 Å². The van der Waals surface area contributed by atoms with Gasteiger partial charge in [-0.1, -0.05) is 44.0 Å². The van der Waals surface area contributed by atoms with E-state index in [4.69, 9.17) is 6.42 Å². The minimum Gasteiger partial charge on any atom is -0.385 e. The predicted octanol–water partition coefficient (Wildman–Crippen LogP) is 5.42. The molecule has 2 N–H and O–H groups in total. The molecular weight excluding hydrogens is 292 g/mol. The van der Waals surface area contributed by atoms with E-state index in [9.17, 15) is 0 Å². The molecule has 2 heteroatoms. The number of allylic oxidation sites excluding steroid dienone is 4. The molecule has 0 spiro atoms. The average molecular weight is 320 g/mol. The van der Waals surface area contributed by atoms with Crippen LogP contribution in [-0.4, -0.2) is 6.54 Å². The molecule has 0 unspecified atom stereocenters. The number of likely N-dealkylation sites (N-methyl/N-ethyl adjacent to an activating group) is 1. The molecule has 0 saturated carbocycles. The summed E-state index contributed by atoms with van der Waals surface area (Å²) in [5, 5.41) is 6.69. The van der Waals surface area contributed by atoms with Gasteiger partial charge >= 0.3 is 0 Å². The number of unbranched alkanes of at least 4 members (excludes halogenated alkanes) is 1. The zero-order valence-electron chi connectivity index (χ0n) is 14.9. The van der Waals surface area contributed by atoms with Crippen molar-refractivity contribution >= 4 is 11.3 Å². The Balaban J connectivity index is 3.04. The van der Waals surface area contributed by atoms with Crippen LogP contribution in [0.2, 0.25) is 0 Å². The molecule has 0 aromatic heterocycles. The summed E-state index contributed by atoms with van der Waals surface area (Å²) in [7, 11) is 0. The lowest BCUT2D eigenvalue weighted by Crippen LogP contribution is -2.13. The van der Waals surface area contributed by atoms with E-state index < -0.39 is 0 Å². The fourth-order valence-electron chi connectivity index (χ4n) is 2.50. The molecule has 1 rings (SSSR count). The van der Waals surface area contributed by atoms with E-state index in [-0.39, 0.29) is 0 Å². The van der Waals surface area contributed by atoms with Crippen LogP contribution in [0.3, 0.4) is 0 Å². The molecular formula is C22H28N2. The number of hydrogen-bond acceptors (Lipinski definition) is 2. The zero-order valence-corrected chi connectivity index (χ0v) is 14.9. The Hall–Kier alpha value is -2.66. The second-order valence-electron chi connectivity index (χ2n) is 5.59. The first kappa shape index (κ1) is 19.4. The van der Waals surface area contributed by atoms with Gasteiger partial charge in [-0.3, -0.25) is 0 Å².